The molecule has 0 bridgehead atoms. The van der Waals surface area contributed by atoms with Crippen molar-refractivity contribution in [1.29, 1.82) is 0 Å². The monoisotopic (exact) mass is 362 g/mol. The first kappa shape index (κ1) is 18.9. The van der Waals surface area contributed by atoms with Crippen LogP contribution in [0.1, 0.15) is 62.3 Å². The number of phenolic OH excluding ortho intramolecular Hbond substituents is 1. The van der Waals surface area contributed by atoms with Crippen molar-refractivity contribution in [2.45, 2.75) is 45.6 Å². The van der Waals surface area contributed by atoms with Gasteiger partial charge in [0, 0.05) is 23.6 Å². The number of carbonyl (C=O) groups is 1. The summed E-state index contributed by atoms with van der Waals surface area (Å²) in [4.78, 5) is 16.6. The van der Waals surface area contributed by atoms with Gasteiger partial charge in [-0.25, -0.2) is 0 Å². The summed E-state index contributed by atoms with van der Waals surface area (Å²) in [7, 11) is 0. The van der Waals surface area contributed by atoms with Crippen LogP contribution in [-0.4, -0.2) is 16.0 Å². The third-order valence-electron chi connectivity index (χ3n) is 4.81. The molecule has 0 fully saturated rings. The predicted molar refractivity (Wildman–Crippen MR) is 109 cm³/mol. The van der Waals surface area contributed by atoms with Crippen molar-refractivity contribution in [3.8, 4) is 5.75 Å². The molecule has 0 unspecified atom stereocenters. The summed E-state index contributed by atoms with van der Waals surface area (Å²) in [6.07, 6.45) is 2.89. The minimum absolute atomic E-state index is 0.0315. The van der Waals surface area contributed by atoms with Crippen molar-refractivity contribution in [3.63, 3.8) is 0 Å². The molecular weight excluding hydrogens is 336 g/mol. The molecule has 0 saturated carbocycles. The van der Waals surface area contributed by atoms with Crippen LogP contribution in [0, 0.1) is 0 Å². The van der Waals surface area contributed by atoms with E-state index in [0.717, 1.165) is 17.4 Å². The van der Waals surface area contributed by atoms with Crippen LogP contribution in [0.15, 0.2) is 54.7 Å². The Labute approximate surface area is 160 Å². The van der Waals surface area contributed by atoms with Gasteiger partial charge in [-0.1, -0.05) is 63.2 Å². The second-order valence-electron chi connectivity index (χ2n) is 7.15. The Bertz CT molecular complexity index is 933. The highest BCUT2D eigenvalue weighted by Gasteiger charge is 2.21. The van der Waals surface area contributed by atoms with Crippen LogP contribution in [0.2, 0.25) is 0 Å². The number of benzene rings is 2. The molecule has 3 aromatic rings. The number of fused-ring (bicyclic) bond motifs is 1. The summed E-state index contributed by atoms with van der Waals surface area (Å²) in [5.74, 6) is 0.518. The van der Waals surface area contributed by atoms with Gasteiger partial charge in [0.05, 0.1) is 6.04 Å². The largest absolute Gasteiger partial charge is 0.505 e. The molecule has 4 nitrogen and oxygen atoms in total. The first-order chi connectivity index (χ1) is 13.0. The quantitative estimate of drug-likeness (QED) is 0.643. The fourth-order valence-corrected chi connectivity index (χ4v) is 3.25. The van der Waals surface area contributed by atoms with E-state index in [2.05, 4.69) is 36.3 Å². The van der Waals surface area contributed by atoms with E-state index in [4.69, 9.17) is 0 Å². The molecule has 0 aliphatic rings. The lowest BCUT2D eigenvalue weighted by Crippen LogP contribution is -2.29. The highest BCUT2D eigenvalue weighted by atomic mass is 16.3. The third-order valence-corrected chi connectivity index (χ3v) is 4.81. The minimum atomic E-state index is -0.420. The van der Waals surface area contributed by atoms with Crippen LogP contribution in [0.5, 0.6) is 5.75 Å². The number of nitrogens with zero attached hydrogens (tertiary/aromatic N) is 1. The predicted octanol–water partition coefficient (Wildman–Crippen LogP) is 5.07. The number of aromatic hydroxyl groups is 1. The molecule has 1 amide bonds. The van der Waals surface area contributed by atoms with Crippen molar-refractivity contribution in [1.82, 2.24) is 10.3 Å². The highest BCUT2D eigenvalue weighted by Crippen LogP contribution is 2.34. The molecular formula is C23H26N2O2. The average Bonchev–Trinajstić information content (AvgIpc) is 2.67. The summed E-state index contributed by atoms with van der Waals surface area (Å²) >= 11 is 0. The summed E-state index contributed by atoms with van der Waals surface area (Å²) in [5.41, 5.74) is 3.38. The molecule has 0 spiro atoms. The lowest BCUT2D eigenvalue weighted by atomic mass is 9.93. The van der Waals surface area contributed by atoms with Crippen molar-refractivity contribution in [2.24, 2.45) is 0 Å². The van der Waals surface area contributed by atoms with Crippen LogP contribution < -0.4 is 5.32 Å². The highest BCUT2D eigenvalue weighted by molar-refractivity contribution is 5.86. The molecule has 2 aromatic carbocycles. The number of aromatic nitrogens is 1. The maximum Gasteiger partial charge on any atom is 0.220 e. The van der Waals surface area contributed by atoms with E-state index in [1.54, 1.807) is 6.20 Å². The van der Waals surface area contributed by atoms with E-state index < -0.39 is 6.04 Å². The number of nitrogens with one attached hydrogen (secondary N) is 1. The topological polar surface area (TPSA) is 62.2 Å². The van der Waals surface area contributed by atoms with Crippen LogP contribution in [-0.2, 0) is 4.79 Å². The summed E-state index contributed by atoms with van der Waals surface area (Å²) in [6.45, 7) is 6.27. The van der Waals surface area contributed by atoms with Gasteiger partial charge >= 0.3 is 0 Å². The van der Waals surface area contributed by atoms with Gasteiger partial charge in [-0.3, -0.25) is 9.78 Å². The number of phenols is 1. The molecule has 1 aromatic heterocycles. The molecule has 0 saturated heterocycles. The molecule has 4 heteroatoms. The zero-order chi connectivity index (χ0) is 19.4. The maximum absolute atomic E-state index is 12.3. The van der Waals surface area contributed by atoms with Gasteiger partial charge in [0.15, 0.2) is 0 Å². The molecule has 1 heterocycles. The number of amides is 1. The van der Waals surface area contributed by atoms with Gasteiger partial charge in [-0.05, 0) is 29.5 Å². The van der Waals surface area contributed by atoms with E-state index in [1.807, 2.05) is 43.3 Å². The van der Waals surface area contributed by atoms with Gasteiger partial charge in [-0.15, -0.1) is 0 Å². The van der Waals surface area contributed by atoms with E-state index in [0.29, 0.717) is 23.4 Å². The van der Waals surface area contributed by atoms with Crippen LogP contribution >= 0.6 is 0 Å². The Balaban J connectivity index is 2.06. The number of pyridine rings is 1. The van der Waals surface area contributed by atoms with Gasteiger partial charge < -0.3 is 10.4 Å². The average molecular weight is 362 g/mol. The molecule has 0 aliphatic carbocycles. The zero-order valence-electron chi connectivity index (χ0n) is 16.1. The molecule has 1 atom stereocenters. The lowest BCUT2D eigenvalue weighted by molar-refractivity contribution is -0.121. The minimum Gasteiger partial charge on any atom is -0.505 e. The lowest BCUT2D eigenvalue weighted by Gasteiger charge is -2.22. The normalized spacial score (nSPS) is 12.3. The fraction of sp³-hybridized carbons (Fsp3) is 0.304. The maximum atomic E-state index is 12.3. The van der Waals surface area contributed by atoms with Crippen LogP contribution in [0.25, 0.3) is 10.9 Å². The van der Waals surface area contributed by atoms with E-state index in [-0.39, 0.29) is 11.7 Å². The zero-order valence-corrected chi connectivity index (χ0v) is 16.1. The Morgan fingerprint density at radius 1 is 1.07 bits per heavy atom. The van der Waals surface area contributed by atoms with Gasteiger partial charge in [0.25, 0.3) is 0 Å². The number of hydrogen-bond donors (Lipinski definition) is 2. The first-order valence-electron chi connectivity index (χ1n) is 9.47. The second kappa shape index (κ2) is 8.21. The molecule has 0 aliphatic heterocycles. The molecule has 0 radical (unpaired) electrons. The van der Waals surface area contributed by atoms with Gasteiger partial charge in [0.1, 0.15) is 11.3 Å². The van der Waals surface area contributed by atoms with E-state index in [9.17, 15) is 9.90 Å². The summed E-state index contributed by atoms with van der Waals surface area (Å²) < 4.78 is 0. The van der Waals surface area contributed by atoms with Crippen molar-refractivity contribution >= 4 is 16.8 Å². The van der Waals surface area contributed by atoms with Crippen molar-refractivity contribution < 1.29 is 9.90 Å². The fourth-order valence-electron chi connectivity index (χ4n) is 3.25. The summed E-state index contributed by atoms with van der Waals surface area (Å²) in [5, 5.41) is 14.8. The van der Waals surface area contributed by atoms with Gasteiger partial charge in [0.2, 0.25) is 5.91 Å². The van der Waals surface area contributed by atoms with Crippen molar-refractivity contribution in [3.05, 3.63) is 71.4 Å². The van der Waals surface area contributed by atoms with E-state index in [1.165, 1.54) is 5.56 Å². The second-order valence-corrected chi connectivity index (χ2v) is 7.15. The molecule has 140 valence electrons. The Morgan fingerprint density at radius 2 is 1.78 bits per heavy atom. The molecule has 2 N–H and O–H groups in total. The Hall–Kier alpha value is -2.88. The molecule has 3 rings (SSSR count). The van der Waals surface area contributed by atoms with E-state index >= 15 is 0 Å². The van der Waals surface area contributed by atoms with Crippen molar-refractivity contribution in [2.75, 3.05) is 0 Å². The van der Waals surface area contributed by atoms with Crippen LogP contribution in [0.3, 0.4) is 0 Å². The Morgan fingerprint density at radius 3 is 2.44 bits per heavy atom. The third kappa shape index (κ3) is 4.11. The molecule has 27 heavy (non-hydrogen) atoms. The van der Waals surface area contributed by atoms with Crippen LogP contribution in [0.4, 0.5) is 0 Å². The first-order valence-corrected chi connectivity index (χ1v) is 9.47. The van der Waals surface area contributed by atoms with Gasteiger partial charge in [-0.2, -0.15) is 0 Å². The number of rotatable bonds is 6. The smallest absolute Gasteiger partial charge is 0.220 e. The Kier molecular flexibility index (Phi) is 5.75. The standard InChI is InChI=1S/C23H26N2O2/c1-4-6-20(26)25-21(18-10-8-16(9-11-18)15(2)3)19-13-12-17-7-5-14-24-22(17)23(19)27/h5,7-15,21,27H,4,6H2,1-3H3,(H,25,26)/t21-/m1/s1. The number of hydrogen-bond acceptors (Lipinski definition) is 3. The summed E-state index contributed by atoms with van der Waals surface area (Å²) in [6, 6.07) is 15.3. The SMILES string of the molecule is CCCC(=O)N[C@H](c1ccc(C(C)C)cc1)c1ccc2cccnc2c1O. The number of carbonyl (C=O) groups excluding carboxylic acids is 1.